The van der Waals surface area contributed by atoms with Gasteiger partial charge in [0.05, 0.1) is 11.3 Å². The van der Waals surface area contributed by atoms with Crippen molar-refractivity contribution in [2.24, 2.45) is 0 Å². The first-order valence-corrected chi connectivity index (χ1v) is 7.49. The van der Waals surface area contributed by atoms with Gasteiger partial charge in [0.15, 0.2) is 5.69 Å². The van der Waals surface area contributed by atoms with E-state index in [1.54, 1.807) is 6.92 Å². The molecule has 6 nitrogen and oxygen atoms in total. The molecule has 1 aromatic heterocycles. The van der Waals surface area contributed by atoms with Crippen LogP contribution >= 0.6 is 0 Å². The Balaban J connectivity index is 2.20. The van der Waals surface area contributed by atoms with Crippen LogP contribution in [0.1, 0.15) is 35.8 Å². The fraction of sp³-hybridized carbons (Fsp3) is 0.312. The van der Waals surface area contributed by atoms with Crippen LogP contribution in [0.5, 0.6) is 0 Å². The van der Waals surface area contributed by atoms with E-state index in [2.05, 4.69) is 10.4 Å². The highest BCUT2D eigenvalue weighted by molar-refractivity contribution is 5.94. The van der Waals surface area contributed by atoms with Crippen molar-refractivity contribution >= 4 is 11.9 Å². The quantitative estimate of drug-likeness (QED) is 0.835. The third-order valence-electron chi connectivity index (χ3n) is 3.44. The number of carbonyl (C=O) groups excluding carboxylic acids is 1. The van der Waals surface area contributed by atoms with Gasteiger partial charge in [-0.15, -0.1) is 0 Å². The van der Waals surface area contributed by atoms with Crippen LogP contribution in [0, 0.1) is 0 Å². The van der Waals surface area contributed by atoms with Gasteiger partial charge in [-0.2, -0.15) is 18.3 Å². The van der Waals surface area contributed by atoms with Crippen LogP contribution in [-0.2, 0) is 11.0 Å². The Morgan fingerprint density at radius 1 is 1.32 bits per heavy atom. The van der Waals surface area contributed by atoms with Gasteiger partial charge in [-0.25, -0.2) is 9.48 Å². The van der Waals surface area contributed by atoms with Gasteiger partial charge in [0.25, 0.3) is 5.91 Å². The summed E-state index contributed by atoms with van der Waals surface area (Å²) in [5.41, 5.74) is -0.780. The number of hydrogen-bond donors (Lipinski definition) is 2. The SMILES string of the molecule is CCCC(NC(=O)c1ccn(-c2cccc(C(F)(F)F)c2)n1)C(=O)O. The molecule has 9 heteroatoms. The molecular weight excluding hydrogens is 339 g/mol. The van der Waals surface area contributed by atoms with Gasteiger partial charge in [0, 0.05) is 6.20 Å². The molecule has 1 unspecified atom stereocenters. The number of nitrogens with one attached hydrogen (secondary N) is 1. The molecule has 134 valence electrons. The molecule has 1 aromatic carbocycles. The van der Waals surface area contributed by atoms with E-state index in [1.807, 2.05) is 0 Å². The fourth-order valence-electron chi connectivity index (χ4n) is 2.19. The number of aromatic nitrogens is 2. The molecule has 0 saturated carbocycles. The lowest BCUT2D eigenvalue weighted by Gasteiger charge is -2.12. The zero-order valence-corrected chi connectivity index (χ0v) is 13.2. The highest BCUT2D eigenvalue weighted by atomic mass is 19.4. The minimum atomic E-state index is -4.49. The number of halogens is 3. The number of amides is 1. The largest absolute Gasteiger partial charge is 0.480 e. The van der Waals surface area contributed by atoms with E-state index in [4.69, 9.17) is 5.11 Å². The molecular formula is C16H16F3N3O3. The summed E-state index contributed by atoms with van der Waals surface area (Å²) in [4.78, 5) is 23.1. The molecule has 2 N–H and O–H groups in total. The van der Waals surface area contributed by atoms with E-state index in [0.29, 0.717) is 6.42 Å². The fourth-order valence-corrected chi connectivity index (χ4v) is 2.19. The number of aliphatic carboxylic acids is 1. The standard InChI is InChI=1S/C16H16F3N3O3/c1-2-4-13(15(24)25)20-14(23)12-7-8-22(21-12)11-6-3-5-10(9-11)16(17,18)19/h3,5-9,13H,2,4H2,1H3,(H,20,23)(H,24,25). The van der Waals surface area contributed by atoms with Crippen molar-refractivity contribution in [3.63, 3.8) is 0 Å². The molecule has 0 aliphatic carbocycles. The summed E-state index contributed by atoms with van der Waals surface area (Å²) in [6.07, 6.45) is -2.33. The summed E-state index contributed by atoms with van der Waals surface area (Å²) < 4.78 is 39.4. The van der Waals surface area contributed by atoms with Gasteiger partial charge < -0.3 is 10.4 Å². The lowest BCUT2D eigenvalue weighted by atomic mass is 10.1. The van der Waals surface area contributed by atoms with Crippen LogP contribution in [0.4, 0.5) is 13.2 Å². The van der Waals surface area contributed by atoms with E-state index in [1.165, 1.54) is 24.4 Å². The van der Waals surface area contributed by atoms with E-state index < -0.39 is 29.7 Å². The molecule has 1 amide bonds. The molecule has 0 aliphatic rings. The van der Waals surface area contributed by atoms with Crippen LogP contribution in [0.2, 0.25) is 0 Å². The minimum absolute atomic E-state index is 0.0836. The van der Waals surface area contributed by atoms with Crippen molar-refractivity contribution in [1.82, 2.24) is 15.1 Å². The molecule has 0 spiro atoms. The van der Waals surface area contributed by atoms with Crippen LogP contribution in [-0.4, -0.2) is 32.8 Å². The smallest absolute Gasteiger partial charge is 0.416 e. The van der Waals surface area contributed by atoms with Gasteiger partial charge in [0.2, 0.25) is 0 Å². The lowest BCUT2D eigenvalue weighted by Crippen LogP contribution is -2.40. The predicted molar refractivity (Wildman–Crippen MR) is 82.4 cm³/mol. The first-order chi connectivity index (χ1) is 11.7. The minimum Gasteiger partial charge on any atom is -0.480 e. The summed E-state index contributed by atoms with van der Waals surface area (Å²) in [7, 11) is 0. The number of hydrogen-bond acceptors (Lipinski definition) is 3. The zero-order chi connectivity index (χ0) is 18.6. The van der Waals surface area contributed by atoms with Crippen LogP contribution in [0.3, 0.4) is 0 Å². The monoisotopic (exact) mass is 355 g/mol. The zero-order valence-electron chi connectivity index (χ0n) is 13.2. The van der Waals surface area contributed by atoms with Crippen molar-refractivity contribution in [2.75, 3.05) is 0 Å². The van der Waals surface area contributed by atoms with Crippen molar-refractivity contribution < 1.29 is 27.9 Å². The number of carbonyl (C=O) groups is 2. The maximum atomic E-state index is 12.8. The summed E-state index contributed by atoms with van der Waals surface area (Å²) in [6, 6.07) is 4.76. The first-order valence-electron chi connectivity index (χ1n) is 7.49. The molecule has 1 heterocycles. The van der Waals surface area contributed by atoms with Gasteiger partial charge in [-0.1, -0.05) is 19.4 Å². The molecule has 25 heavy (non-hydrogen) atoms. The van der Waals surface area contributed by atoms with Gasteiger partial charge >= 0.3 is 12.1 Å². The van der Waals surface area contributed by atoms with Crippen molar-refractivity contribution in [3.8, 4) is 5.69 Å². The third-order valence-corrected chi connectivity index (χ3v) is 3.44. The summed E-state index contributed by atoms with van der Waals surface area (Å²) in [5.74, 6) is -1.86. The Morgan fingerprint density at radius 3 is 2.64 bits per heavy atom. The molecule has 0 radical (unpaired) electrons. The number of benzene rings is 1. The molecule has 0 saturated heterocycles. The molecule has 2 rings (SSSR count). The Hall–Kier alpha value is -2.84. The third kappa shape index (κ3) is 4.59. The first kappa shape index (κ1) is 18.5. The van der Waals surface area contributed by atoms with Crippen molar-refractivity contribution in [3.05, 3.63) is 47.8 Å². The normalized spacial score (nSPS) is 12.6. The summed E-state index contributed by atoms with van der Waals surface area (Å²) in [6.45, 7) is 1.78. The number of carboxylic acids is 1. The van der Waals surface area contributed by atoms with Gasteiger partial charge in [-0.3, -0.25) is 4.79 Å². The van der Waals surface area contributed by atoms with Crippen LogP contribution in [0.15, 0.2) is 36.5 Å². The number of alkyl halides is 3. The van der Waals surface area contributed by atoms with Crippen molar-refractivity contribution in [2.45, 2.75) is 32.0 Å². The number of carboxylic acid groups (broad SMARTS) is 1. The van der Waals surface area contributed by atoms with E-state index in [0.717, 1.165) is 16.8 Å². The molecule has 0 fully saturated rings. The van der Waals surface area contributed by atoms with Gasteiger partial charge in [0.1, 0.15) is 6.04 Å². The van der Waals surface area contributed by atoms with E-state index in [-0.39, 0.29) is 17.8 Å². The predicted octanol–water partition coefficient (Wildman–Crippen LogP) is 2.87. The number of nitrogens with zero attached hydrogens (tertiary/aromatic N) is 2. The molecule has 1 atom stereocenters. The second kappa shape index (κ2) is 7.37. The average molecular weight is 355 g/mol. The second-order valence-corrected chi connectivity index (χ2v) is 5.35. The van der Waals surface area contributed by atoms with Crippen molar-refractivity contribution in [1.29, 1.82) is 0 Å². The Labute approximate surface area is 141 Å². The molecule has 0 bridgehead atoms. The highest BCUT2D eigenvalue weighted by Crippen LogP contribution is 2.30. The summed E-state index contributed by atoms with van der Waals surface area (Å²) in [5, 5.41) is 15.3. The number of rotatable bonds is 6. The Kier molecular flexibility index (Phi) is 5.45. The average Bonchev–Trinajstić information content (AvgIpc) is 3.03. The van der Waals surface area contributed by atoms with Crippen LogP contribution in [0.25, 0.3) is 5.69 Å². The van der Waals surface area contributed by atoms with Gasteiger partial charge in [-0.05, 0) is 30.7 Å². The maximum Gasteiger partial charge on any atom is 0.416 e. The second-order valence-electron chi connectivity index (χ2n) is 5.35. The lowest BCUT2D eigenvalue weighted by molar-refractivity contribution is -0.139. The Morgan fingerprint density at radius 2 is 2.04 bits per heavy atom. The molecule has 2 aromatic rings. The topological polar surface area (TPSA) is 84.2 Å². The molecule has 0 aliphatic heterocycles. The van der Waals surface area contributed by atoms with Crippen LogP contribution < -0.4 is 5.32 Å². The van der Waals surface area contributed by atoms with E-state index >= 15 is 0 Å². The van der Waals surface area contributed by atoms with E-state index in [9.17, 15) is 22.8 Å². The summed E-state index contributed by atoms with van der Waals surface area (Å²) >= 11 is 0. The maximum absolute atomic E-state index is 12.8. The highest BCUT2D eigenvalue weighted by Gasteiger charge is 2.30. The Bertz CT molecular complexity index is 771.